The van der Waals surface area contributed by atoms with Crippen molar-refractivity contribution in [3.63, 3.8) is 0 Å². The number of methoxy groups -OCH3 is 2. The molecule has 1 atom stereocenters. The summed E-state index contributed by atoms with van der Waals surface area (Å²) in [6.07, 6.45) is 3.52. The molecule has 1 aromatic carbocycles. The quantitative estimate of drug-likeness (QED) is 0.844. The normalized spacial score (nSPS) is 17.4. The highest BCUT2D eigenvalue weighted by molar-refractivity contribution is 8.00. The number of ether oxygens (including phenoxy) is 2. The highest BCUT2D eigenvalue weighted by Crippen LogP contribution is 2.44. The lowest BCUT2D eigenvalue weighted by Gasteiger charge is -2.25. The summed E-state index contributed by atoms with van der Waals surface area (Å²) in [5.41, 5.74) is 1.99. The summed E-state index contributed by atoms with van der Waals surface area (Å²) < 4.78 is 10.7. The molecular formula is C17H18N2O3S. The van der Waals surface area contributed by atoms with Crippen LogP contribution in [0.2, 0.25) is 0 Å². The van der Waals surface area contributed by atoms with E-state index in [-0.39, 0.29) is 11.3 Å². The van der Waals surface area contributed by atoms with Gasteiger partial charge in [0, 0.05) is 30.6 Å². The predicted octanol–water partition coefficient (Wildman–Crippen LogP) is 2.87. The Morgan fingerprint density at radius 1 is 1.30 bits per heavy atom. The molecule has 2 aromatic rings. The first kappa shape index (κ1) is 15.7. The average Bonchev–Trinajstić information content (AvgIpc) is 2.96. The monoisotopic (exact) mass is 330 g/mol. The lowest BCUT2D eigenvalue weighted by Crippen LogP contribution is -2.27. The smallest absolute Gasteiger partial charge is 0.234 e. The number of hydrogen-bond acceptors (Lipinski definition) is 5. The fourth-order valence-electron chi connectivity index (χ4n) is 2.59. The number of thioether (sulfide) groups is 1. The molecule has 23 heavy (non-hydrogen) atoms. The van der Waals surface area contributed by atoms with Crippen LogP contribution in [0.15, 0.2) is 42.7 Å². The van der Waals surface area contributed by atoms with Crippen molar-refractivity contribution in [3.05, 3.63) is 53.9 Å². The second kappa shape index (κ2) is 6.91. The molecule has 5 nitrogen and oxygen atoms in total. The Morgan fingerprint density at radius 3 is 2.87 bits per heavy atom. The first-order valence-corrected chi connectivity index (χ1v) is 8.29. The summed E-state index contributed by atoms with van der Waals surface area (Å²) in [5, 5.41) is -0.0661. The molecule has 1 fully saturated rings. The van der Waals surface area contributed by atoms with Crippen LogP contribution < -0.4 is 9.47 Å². The minimum Gasteiger partial charge on any atom is -0.497 e. The maximum atomic E-state index is 12.3. The molecule has 0 aliphatic carbocycles. The number of benzene rings is 1. The van der Waals surface area contributed by atoms with Crippen molar-refractivity contribution in [1.29, 1.82) is 0 Å². The van der Waals surface area contributed by atoms with Crippen molar-refractivity contribution < 1.29 is 14.3 Å². The van der Waals surface area contributed by atoms with Crippen LogP contribution in [-0.2, 0) is 11.3 Å². The van der Waals surface area contributed by atoms with Gasteiger partial charge in [0.25, 0.3) is 0 Å². The maximum absolute atomic E-state index is 12.3. The molecule has 3 rings (SSSR count). The zero-order valence-electron chi connectivity index (χ0n) is 13.1. The summed E-state index contributed by atoms with van der Waals surface area (Å²) in [7, 11) is 3.25. The molecule has 1 unspecified atom stereocenters. The van der Waals surface area contributed by atoms with Crippen LogP contribution in [0.3, 0.4) is 0 Å². The molecule has 6 heteroatoms. The minimum atomic E-state index is -0.0661. The second-order valence-electron chi connectivity index (χ2n) is 5.15. The summed E-state index contributed by atoms with van der Waals surface area (Å²) in [5.74, 6) is 2.06. The maximum Gasteiger partial charge on any atom is 0.234 e. The minimum absolute atomic E-state index is 0.0661. The van der Waals surface area contributed by atoms with Crippen LogP contribution in [-0.4, -0.2) is 35.8 Å². The lowest BCUT2D eigenvalue weighted by molar-refractivity contribution is -0.128. The van der Waals surface area contributed by atoms with Crippen LogP contribution >= 0.6 is 11.8 Å². The summed E-state index contributed by atoms with van der Waals surface area (Å²) >= 11 is 1.61. The van der Waals surface area contributed by atoms with Gasteiger partial charge in [-0.25, -0.2) is 0 Å². The Labute approximate surface area is 139 Å². The van der Waals surface area contributed by atoms with Crippen LogP contribution in [0, 0.1) is 0 Å². The summed E-state index contributed by atoms with van der Waals surface area (Å²) in [4.78, 5) is 18.3. The molecule has 1 amide bonds. The molecular weight excluding hydrogens is 312 g/mol. The topological polar surface area (TPSA) is 51.7 Å². The first-order chi connectivity index (χ1) is 11.2. The lowest BCUT2D eigenvalue weighted by atomic mass is 10.1. The first-order valence-electron chi connectivity index (χ1n) is 7.25. The van der Waals surface area contributed by atoms with Gasteiger partial charge in [0.1, 0.15) is 16.9 Å². The number of aromatic nitrogens is 1. The standard InChI is InChI=1S/C17H18N2O3S/c1-21-13-5-6-14(15(8-13)22-2)17-19(16(20)11-23-17)10-12-4-3-7-18-9-12/h3-9,17H,10-11H2,1-2H3. The summed E-state index contributed by atoms with van der Waals surface area (Å²) in [6, 6.07) is 9.56. The van der Waals surface area contributed by atoms with Crippen molar-refractivity contribution in [1.82, 2.24) is 9.88 Å². The van der Waals surface area contributed by atoms with E-state index in [2.05, 4.69) is 4.98 Å². The average molecular weight is 330 g/mol. The van der Waals surface area contributed by atoms with Gasteiger partial charge in [0.2, 0.25) is 5.91 Å². The number of carbonyl (C=O) groups is 1. The molecule has 1 aromatic heterocycles. The zero-order valence-corrected chi connectivity index (χ0v) is 13.9. The van der Waals surface area contributed by atoms with Gasteiger partial charge < -0.3 is 14.4 Å². The highest BCUT2D eigenvalue weighted by Gasteiger charge is 2.34. The van der Waals surface area contributed by atoms with Crippen molar-refractivity contribution >= 4 is 17.7 Å². The molecule has 2 heterocycles. The number of nitrogens with zero attached hydrogens (tertiary/aromatic N) is 2. The van der Waals surface area contributed by atoms with Crippen LogP contribution in [0.5, 0.6) is 11.5 Å². The molecule has 0 saturated carbocycles. The van der Waals surface area contributed by atoms with Crippen molar-refractivity contribution in [3.8, 4) is 11.5 Å². The highest BCUT2D eigenvalue weighted by atomic mass is 32.2. The van der Waals surface area contributed by atoms with E-state index >= 15 is 0 Å². The fourth-order valence-corrected chi connectivity index (χ4v) is 3.81. The molecule has 0 bridgehead atoms. The largest absolute Gasteiger partial charge is 0.497 e. The van der Waals surface area contributed by atoms with Gasteiger partial charge >= 0.3 is 0 Å². The molecule has 0 spiro atoms. The molecule has 120 valence electrons. The van der Waals surface area contributed by atoms with Crippen molar-refractivity contribution in [2.75, 3.05) is 20.0 Å². The zero-order chi connectivity index (χ0) is 16.2. The number of carbonyl (C=O) groups excluding carboxylic acids is 1. The third-order valence-electron chi connectivity index (χ3n) is 3.75. The molecule has 1 aliphatic rings. The predicted molar refractivity (Wildman–Crippen MR) is 89.5 cm³/mol. The molecule has 1 aliphatic heterocycles. The van der Waals surface area contributed by atoms with Crippen molar-refractivity contribution in [2.45, 2.75) is 11.9 Å². The number of pyridine rings is 1. The number of hydrogen-bond donors (Lipinski definition) is 0. The Morgan fingerprint density at radius 2 is 2.17 bits per heavy atom. The summed E-state index contributed by atoms with van der Waals surface area (Å²) in [6.45, 7) is 0.541. The Hall–Kier alpha value is -2.21. The fraction of sp³-hybridized carbons (Fsp3) is 0.294. The van der Waals surface area contributed by atoms with E-state index in [0.717, 1.165) is 22.6 Å². The van der Waals surface area contributed by atoms with Crippen LogP contribution in [0.25, 0.3) is 0 Å². The van der Waals surface area contributed by atoms with Gasteiger partial charge in [0.05, 0.1) is 20.0 Å². The van der Waals surface area contributed by atoms with Gasteiger partial charge in [-0.15, -0.1) is 11.8 Å². The van der Waals surface area contributed by atoms with Crippen molar-refractivity contribution in [2.24, 2.45) is 0 Å². The van der Waals surface area contributed by atoms with Gasteiger partial charge in [-0.3, -0.25) is 9.78 Å². The third-order valence-corrected chi connectivity index (χ3v) is 4.99. The van der Waals surface area contributed by atoms with E-state index in [0.29, 0.717) is 12.3 Å². The Balaban J connectivity index is 1.90. The van der Waals surface area contributed by atoms with Crippen LogP contribution in [0.1, 0.15) is 16.5 Å². The number of amides is 1. The molecule has 1 saturated heterocycles. The van der Waals surface area contributed by atoms with Crippen LogP contribution in [0.4, 0.5) is 0 Å². The van der Waals surface area contributed by atoms with Gasteiger partial charge in [0.15, 0.2) is 0 Å². The van der Waals surface area contributed by atoms with Gasteiger partial charge in [-0.1, -0.05) is 6.07 Å². The SMILES string of the molecule is COc1ccc(C2SCC(=O)N2Cc2cccnc2)c(OC)c1. The van der Waals surface area contributed by atoms with E-state index < -0.39 is 0 Å². The van der Waals surface area contributed by atoms with Gasteiger partial charge in [-0.2, -0.15) is 0 Å². The molecule has 0 N–H and O–H groups in total. The van der Waals surface area contributed by atoms with E-state index in [9.17, 15) is 4.79 Å². The van der Waals surface area contributed by atoms with E-state index in [4.69, 9.17) is 9.47 Å². The Bertz CT molecular complexity index is 693. The van der Waals surface area contributed by atoms with E-state index in [1.807, 2.05) is 35.2 Å². The second-order valence-corrected chi connectivity index (χ2v) is 6.22. The number of rotatable bonds is 5. The molecule has 0 radical (unpaired) electrons. The Kier molecular flexibility index (Phi) is 4.71. The third kappa shape index (κ3) is 3.27. The van der Waals surface area contributed by atoms with Gasteiger partial charge in [-0.05, 0) is 23.8 Å². The van der Waals surface area contributed by atoms with E-state index in [1.54, 1.807) is 38.4 Å². The van der Waals surface area contributed by atoms with E-state index in [1.165, 1.54) is 0 Å².